The van der Waals surface area contributed by atoms with Crippen LogP contribution >= 0.6 is 0 Å². The summed E-state index contributed by atoms with van der Waals surface area (Å²) in [7, 11) is 1.72. The van der Waals surface area contributed by atoms with Crippen LogP contribution in [-0.4, -0.2) is 32.0 Å². The Kier molecular flexibility index (Phi) is 4.07. The zero-order chi connectivity index (χ0) is 10.6. The Morgan fingerprint density at radius 2 is 2.14 bits per heavy atom. The molecule has 1 aliphatic rings. The van der Waals surface area contributed by atoms with Gasteiger partial charge in [-0.05, 0) is 6.92 Å². The Hall–Kier alpha value is -0.420. The molecule has 14 heavy (non-hydrogen) atoms. The Labute approximate surface area is 85.4 Å². The molecule has 1 unspecified atom stereocenters. The van der Waals surface area contributed by atoms with Crippen LogP contribution in [0.5, 0.6) is 0 Å². The van der Waals surface area contributed by atoms with Crippen LogP contribution < -0.4 is 11.3 Å². The van der Waals surface area contributed by atoms with Gasteiger partial charge in [-0.1, -0.05) is 12.2 Å². The van der Waals surface area contributed by atoms with Gasteiger partial charge in [0.2, 0.25) is 0 Å². The van der Waals surface area contributed by atoms with Gasteiger partial charge in [-0.3, -0.25) is 11.3 Å². The monoisotopic (exact) mass is 200 g/mol. The molecule has 0 bridgehead atoms. The number of hydrazine groups is 1. The van der Waals surface area contributed by atoms with E-state index in [2.05, 4.69) is 12.0 Å². The lowest BCUT2D eigenvalue weighted by Gasteiger charge is -2.42. The van der Waals surface area contributed by atoms with Crippen molar-refractivity contribution in [1.29, 1.82) is 0 Å². The van der Waals surface area contributed by atoms with Gasteiger partial charge in [-0.2, -0.15) is 0 Å². The maximum Gasteiger partial charge on any atom is 0.0925 e. The van der Waals surface area contributed by atoms with Crippen LogP contribution in [0.25, 0.3) is 0 Å². The molecule has 1 aliphatic heterocycles. The largest absolute Gasteiger partial charge is 0.381 e. The van der Waals surface area contributed by atoms with E-state index in [1.165, 1.54) is 0 Å². The van der Waals surface area contributed by atoms with E-state index < -0.39 is 0 Å². The topological polar surface area (TPSA) is 56.5 Å². The number of rotatable bonds is 4. The summed E-state index contributed by atoms with van der Waals surface area (Å²) in [5.74, 6) is 5.53. The molecular weight excluding hydrogens is 180 g/mol. The first-order valence-corrected chi connectivity index (χ1v) is 4.91. The number of methoxy groups -OCH3 is 1. The molecule has 1 atom stereocenters. The molecule has 0 amide bonds. The van der Waals surface area contributed by atoms with Crippen molar-refractivity contribution in [1.82, 2.24) is 5.43 Å². The summed E-state index contributed by atoms with van der Waals surface area (Å²) in [5.41, 5.74) is 3.53. The average Bonchev–Trinajstić information content (AvgIpc) is 2.19. The number of ether oxygens (including phenoxy) is 2. The van der Waals surface area contributed by atoms with Gasteiger partial charge in [0.1, 0.15) is 0 Å². The predicted octanol–water partition coefficient (Wildman–Crippen LogP) is 0.590. The summed E-state index contributed by atoms with van der Waals surface area (Å²) < 4.78 is 10.9. The van der Waals surface area contributed by atoms with Crippen molar-refractivity contribution < 1.29 is 9.47 Å². The van der Waals surface area contributed by atoms with Crippen LogP contribution in [0.2, 0.25) is 0 Å². The molecule has 3 N–H and O–H groups in total. The summed E-state index contributed by atoms with van der Waals surface area (Å²) in [6, 6.07) is -0.00333. The van der Waals surface area contributed by atoms with Crippen molar-refractivity contribution in [2.24, 2.45) is 5.84 Å². The second-order valence-electron chi connectivity index (χ2n) is 3.83. The van der Waals surface area contributed by atoms with E-state index in [-0.39, 0.29) is 11.6 Å². The molecule has 0 spiro atoms. The Morgan fingerprint density at radius 3 is 2.50 bits per heavy atom. The molecule has 0 saturated carbocycles. The third kappa shape index (κ3) is 2.15. The van der Waals surface area contributed by atoms with Gasteiger partial charge in [0.15, 0.2) is 0 Å². The van der Waals surface area contributed by atoms with Gasteiger partial charge < -0.3 is 9.47 Å². The summed E-state index contributed by atoms with van der Waals surface area (Å²) in [5, 5.41) is 0. The molecule has 0 aromatic carbocycles. The van der Waals surface area contributed by atoms with Crippen LogP contribution in [-0.2, 0) is 9.47 Å². The quantitative estimate of drug-likeness (QED) is 0.396. The highest BCUT2D eigenvalue weighted by molar-refractivity contribution is 5.12. The molecule has 0 radical (unpaired) electrons. The molecule has 4 heteroatoms. The highest BCUT2D eigenvalue weighted by Crippen LogP contribution is 2.30. The van der Waals surface area contributed by atoms with E-state index in [1.807, 2.05) is 6.92 Å². The summed E-state index contributed by atoms with van der Waals surface area (Å²) in [6.45, 7) is 7.33. The normalized spacial score (nSPS) is 23.1. The minimum absolute atomic E-state index is 0.00333. The molecule has 0 aliphatic carbocycles. The lowest BCUT2D eigenvalue weighted by Crippen LogP contribution is -2.57. The van der Waals surface area contributed by atoms with Crippen LogP contribution in [0, 0.1) is 0 Å². The van der Waals surface area contributed by atoms with Crippen LogP contribution in [0.15, 0.2) is 12.2 Å². The molecule has 0 aromatic heterocycles. The molecule has 1 fully saturated rings. The van der Waals surface area contributed by atoms with Gasteiger partial charge in [-0.15, -0.1) is 0 Å². The Bertz CT molecular complexity index is 200. The first-order valence-electron chi connectivity index (χ1n) is 4.91. The fraction of sp³-hybridized carbons (Fsp3) is 0.800. The first-order chi connectivity index (χ1) is 6.66. The number of nitrogens with one attached hydrogen (secondary N) is 1. The van der Waals surface area contributed by atoms with E-state index >= 15 is 0 Å². The van der Waals surface area contributed by atoms with E-state index in [4.69, 9.17) is 15.3 Å². The lowest BCUT2D eigenvalue weighted by atomic mass is 9.83. The van der Waals surface area contributed by atoms with Crippen LogP contribution in [0.3, 0.4) is 0 Å². The molecule has 82 valence electrons. The molecular formula is C10H20N2O2. The molecule has 1 heterocycles. The fourth-order valence-corrected chi connectivity index (χ4v) is 2.07. The van der Waals surface area contributed by atoms with Crippen LogP contribution in [0.4, 0.5) is 0 Å². The summed E-state index contributed by atoms with van der Waals surface area (Å²) in [4.78, 5) is 0. The third-order valence-electron chi connectivity index (χ3n) is 2.93. The summed E-state index contributed by atoms with van der Waals surface area (Å²) in [6.07, 6.45) is 1.70. The highest BCUT2D eigenvalue weighted by atomic mass is 16.5. The van der Waals surface area contributed by atoms with Gasteiger partial charge in [0, 0.05) is 33.2 Å². The van der Waals surface area contributed by atoms with E-state index in [0.29, 0.717) is 0 Å². The minimum atomic E-state index is -0.251. The smallest absolute Gasteiger partial charge is 0.0925 e. The molecule has 4 nitrogen and oxygen atoms in total. The molecule has 0 aromatic rings. The molecule has 1 saturated heterocycles. The Balaban J connectivity index is 2.79. The SMILES string of the molecule is C=C(C)C(NN)C1(OC)CCOCC1. The van der Waals surface area contributed by atoms with Crippen LogP contribution in [0.1, 0.15) is 19.8 Å². The van der Waals surface area contributed by atoms with Crippen molar-refractivity contribution in [3.8, 4) is 0 Å². The first kappa shape index (κ1) is 11.7. The highest BCUT2D eigenvalue weighted by Gasteiger charge is 2.40. The lowest BCUT2D eigenvalue weighted by molar-refractivity contribution is -0.103. The zero-order valence-electron chi connectivity index (χ0n) is 9.01. The minimum Gasteiger partial charge on any atom is -0.381 e. The maximum absolute atomic E-state index is 5.61. The number of nitrogens with two attached hydrogens (primary N) is 1. The number of hydrogen-bond acceptors (Lipinski definition) is 4. The van der Waals surface area contributed by atoms with E-state index in [0.717, 1.165) is 31.6 Å². The maximum atomic E-state index is 5.61. The van der Waals surface area contributed by atoms with Crippen molar-refractivity contribution >= 4 is 0 Å². The predicted molar refractivity (Wildman–Crippen MR) is 55.7 cm³/mol. The molecule has 1 rings (SSSR count). The average molecular weight is 200 g/mol. The van der Waals surface area contributed by atoms with E-state index in [9.17, 15) is 0 Å². The van der Waals surface area contributed by atoms with Gasteiger partial charge >= 0.3 is 0 Å². The summed E-state index contributed by atoms with van der Waals surface area (Å²) >= 11 is 0. The third-order valence-corrected chi connectivity index (χ3v) is 2.93. The fourth-order valence-electron chi connectivity index (χ4n) is 2.07. The van der Waals surface area contributed by atoms with Crippen molar-refractivity contribution in [3.63, 3.8) is 0 Å². The van der Waals surface area contributed by atoms with E-state index in [1.54, 1.807) is 7.11 Å². The number of hydrogen-bond donors (Lipinski definition) is 2. The second kappa shape index (κ2) is 4.89. The van der Waals surface area contributed by atoms with Crippen molar-refractivity contribution in [3.05, 3.63) is 12.2 Å². The van der Waals surface area contributed by atoms with Crippen molar-refractivity contribution in [2.45, 2.75) is 31.4 Å². The second-order valence-corrected chi connectivity index (χ2v) is 3.83. The standard InChI is InChI=1S/C10H20N2O2/c1-8(2)9(12-11)10(13-3)4-6-14-7-5-10/h9,12H,1,4-7,11H2,2-3H3. The van der Waals surface area contributed by atoms with Gasteiger partial charge in [-0.25, -0.2) is 0 Å². The Morgan fingerprint density at radius 1 is 1.57 bits per heavy atom. The zero-order valence-corrected chi connectivity index (χ0v) is 9.01. The van der Waals surface area contributed by atoms with Gasteiger partial charge in [0.05, 0.1) is 11.6 Å². The van der Waals surface area contributed by atoms with Gasteiger partial charge in [0.25, 0.3) is 0 Å². The van der Waals surface area contributed by atoms with Crippen molar-refractivity contribution in [2.75, 3.05) is 20.3 Å².